The van der Waals surface area contributed by atoms with E-state index in [9.17, 15) is 4.79 Å². The Labute approximate surface area is 87.7 Å². The van der Waals surface area contributed by atoms with Crippen LogP contribution >= 0.6 is 11.6 Å². The molecule has 0 N–H and O–H groups in total. The van der Waals surface area contributed by atoms with Crippen molar-refractivity contribution in [2.45, 2.75) is 19.3 Å². The molecule has 0 unspecified atom stereocenters. The van der Waals surface area contributed by atoms with E-state index in [2.05, 4.69) is 4.98 Å². The third kappa shape index (κ3) is 1.05. The van der Waals surface area contributed by atoms with Crippen molar-refractivity contribution in [2.24, 2.45) is 0 Å². The van der Waals surface area contributed by atoms with Gasteiger partial charge in [0, 0.05) is 18.8 Å². The molecule has 0 atom stereocenters. The normalized spacial score (nSPS) is 18.6. The molecule has 0 fully saturated rings. The van der Waals surface area contributed by atoms with Gasteiger partial charge in [0.1, 0.15) is 5.15 Å². The van der Waals surface area contributed by atoms with Gasteiger partial charge in [-0.2, -0.15) is 0 Å². The Morgan fingerprint density at radius 3 is 2.79 bits per heavy atom. The summed E-state index contributed by atoms with van der Waals surface area (Å²) in [6.45, 7) is 3.79. The highest BCUT2D eigenvalue weighted by molar-refractivity contribution is 6.30. The minimum atomic E-state index is -0.484. The second kappa shape index (κ2) is 2.70. The van der Waals surface area contributed by atoms with E-state index in [0.717, 1.165) is 11.3 Å². The summed E-state index contributed by atoms with van der Waals surface area (Å²) in [7, 11) is 1.76. The summed E-state index contributed by atoms with van der Waals surface area (Å²) in [5.41, 5.74) is 1.32. The molecule has 2 rings (SSSR count). The fourth-order valence-electron chi connectivity index (χ4n) is 1.82. The number of hydrogen-bond donors (Lipinski definition) is 0. The maximum absolute atomic E-state index is 11.9. The first kappa shape index (κ1) is 9.46. The smallest absolute Gasteiger partial charge is 0.236 e. The van der Waals surface area contributed by atoms with Crippen molar-refractivity contribution >= 4 is 23.2 Å². The van der Waals surface area contributed by atoms with Gasteiger partial charge in [-0.1, -0.05) is 11.6 Å². The van der Waals surface area contributed by atoms with Crippen LogP contribution in [0.4, 0.5) is 5.69 Å². The maximum Gasteiger partial charge on any atom is 0.236 e. The van der Waals surface area contributed by atoms with Crippen LogP contribution in [0.3, 0.4) is 0 Å². The fraction of sp³-hybridized carbons (Fsp3) is 0.400. The van der Waals surface area contributed by atoms with Gasteiger partial charge >= 0.3 is 0 Å². The molecule has 14 heavy (non-hydrogen) atoms. The first-order valence-corrected chi connectivity index (χ1v) is 4.76. The molecule has 1 aliphatic rings. The van der Waals surface area contributed by atoms with Gasteiger partial charge in [-0.3, -0.25) is 4.79 Å². The number of pyridine rings is 1. The van der Waals surface area contributed by atoms with Crippen LogP contribution in [0.5, 0.6) is 0 Å². The van der Waals surface area contributed by atoms with Gasteiger partial charge in [-0.25, -0.2) is 4.98 Å². The predicted octanol–water partition coefficient (Wildman–Crippen LogP) is 1.99. The molecule has 0 saturated heterocycles. The number of anilines is 1. The molecule has 2 heterocycles. The Morgan fingerprint density at radius 2 is 2.14 bits per heavy atom. The second-order valence-electron chi connectivity index (χ2n) is 4.01. The lowest BCUT2D eigenvalue weighted by molar-refractivity contribution is -0.121. The van der Waals surface area contributed by atoms with E-state index >= 15 is 0 Å². The number of hydrogen-bond acceptors (Lipinski definition) is 2. The summed E-state index contributed by atoms with van der Waals surface area (Å²) >= 11 is 5.78. The van der Waals surface area contributed by atoms with Crippen LogP contribution in [0.15, 0.2) is 12.3 Å². The van der Waals surface area contributed by atoms with Gasteiger partial charge in [0.15, 0.2) is 0 Å². The van der Waals surface area contributed by atoms with E-state index in [-0.39, 0.29) is 5.91 Å². The van der Waals surface area contributed by atoms with Crippen molar-refractivity contribution in [3.05, 3.63) is 23.0 Å². The van der Waals surface area contributed by atoms with Gasteiger partial charge < -0.3 is 4.90 Å². The van der Waals surface area contributed by atoms with Gasteiger partial charge in [0.2, 0.25) is 5.91 Å². The lowest BCUT2D eigenvalue weighted by Gasteiger charge is -2.15. The monoisotopic (exact) mass is 210 g/mol. The highest BCUT2D eigenvalue weighted by atomic mass is 35.5. The Kier molecular flexibility index (Phi) is 1.83. The van der Waals surface area contributed by atoms with Crippen molar-refractivity contribution in [2.75, 3.05) is 11.9 Å². The third-order valence-corrected chi connectivity index (χ3v) is 2.93. The molecule has 0 aliphatic carbocycles. The molecule has 0 radical (unpaired) electrons. The van der Waals surface area contributed by atoms with Crippen molar-refractivity contribution in [3.63, 3.8) is 0 Å². The average Bonchev–Trinajstić information content (AvgIpc) is 2.28. The summed E-state index contributed by atoms with van der Waals surface area (Å²) in [6.07, 6.45) is 1.68. The number of fused-ring (bicyclic) bond motifs is 1. The molecule has 0 aromatic carbocycles. The summed E-state index contributed by atoms with van der Waals surface area (Å²) in [5.74, 6) is 0.0802. The molecule has 1 amide bonds. The van der Waals surface area contributed by atoms with Crippen LogP contribution in [-0.2, 0) is 10.2 Å². The number of halogens is 1. The van der Waals surface area contributed by atoms with Gasteiger partial charge in [0.05, 0.1) is 11.1 Å². The molecular formula is C10H11ClN2O. The van der Waals surface area contributed by atoms with E-state index < -0.39 is 5.41 Å². The SMILES string of the molecule is CN1C(=O)C(C)(C)c2cnc(Cl)cc21. The third-order valence-electron chi connectivity index (χ3n) is 2.72. The first-order valence-electron chi connectivity index (χ1n) is 4.39. The highest BCUT2D eigenvalue weighted by Crippen LogP contribution is 2.40. The minimum absolute atomic E-state index is 0.0802. The molecule has 3 nitrogen and oxygen atoms in total. The Balaban J connectivity index is 2.68. The van der Waals surface area contributed by atoms with Crippen molar-refractivity contribution in [1.82, 2.24) is 4.98 Å². The van der Waals surface area contributed by atoms with Crippen molar-refractivity contribution < 1.29 is 4.79 Å². The van der Waals surface area contributed by atoms with Gasteiger partial charge in [-0.05, 0) is 19.9 Å². The summed E-state index contributed by atoms with van der Waals surface area (Å²) in [4.78, 5) is 17.5. The highest BCUT2D eigenvalue weighted by Gasteiger charge is 2.42. The standard InChI is InChI=1S/C10H11ClN2O/c1-10(2)6-5-12-8(11)4-7(6)13(3)9(10)14/h4-5H,1-3H3. The Hall–Kier alpha value is -1.09. The van der Waals surface area contributed by atoms with E-state index in [1.807, 2.05) is 13.8 Å². The number of amides is 1. The molecule has 0 saturated carbocycles. The zero-order valence-electron chi connectivity index (χ0n) is 8.34. The lowest BCUT2D eigenvalue weighted by atomic mass is 9.87. The predicted molar refractivity (Wildman–Crippen MR) is 55.7 cm³/mol. The van der Waals surface area contributed by atoms with Crippen LogP contribution in [-0.4, -0.2) is 17.9 Å². The zero-order chi connectivity index (χ0) is 10.5. The van der Waals surface area contributed by atoms with E-state index in [1.165, 1.54) is 0 Å². The van der Waals surface area contributed by atoms with E-state index in [4.69, 9.17) is 11.6 Å². The molecule has 74 valence electrons. The maximum atomic E-state index is 11.9. The van der Waals surface area contributed by atoms with Crippen molar-refractivity contribution in [3.8, 4) is 0 Å². The number of likely N-dealkylation sites (N-methyl/N-ethyl adjacent to an activating group) is 1. The van der Waals surface area contributed by atoms with Crippen LogP contribution in [0.2, 0.25) is 5.15 Å². The van der Waals surface area contributed by atoms with Crippen LogP contribution in [0, 0.1) is 0 Å². The molecule has 1 aromatic rings. The van der Waals surface area contributed by atoms with Crippen molar-refractivity contribution in [1.29, 1.82) is 0 Å². The molecule has 1 aliphatic heterocycles. The topological polar surface area (TPSA) is 33.2 Å². The van der Waals surface area contributed by atoms with Gasteiger partial charge in [-0.15, -0.1) is 0 Å². The summed E-state index contributed by atoms with van der Waals surface area (Å²) < 4.78 is 0. The number of aromatic nitrogens is 1. The van der Waals surface area contributed by atoms with Crippen LogP contribution in [0.25, 0.3) is 0 Å². The quantitative estimate of drug-likeness (QED) is 0.614. The number of carbonyl (C=O) groups is 1. The van der Waals surface area contributed by atoms with Crippen LogP contribution < -0.4 is 4.90 Å². The molecule has 0 spiro atoms. The molecular weight excluding hydrogens is 200 g/mol. The summed E-state index contributed by atoms with van der Waals surface area (Å²) in [6, 6.07) is 1.73. The number of rotatable bonds is 0. The van der Waals surface area contributed by atoms with E-state index in [1.54, 1.807) is 24.2 Å². The Bertz CT molecular complexity index is 415. The molecule has 1 aromatic heterocycles. The number of nitrogens with zero attached hydrogens (tertiary/aromatic N) is 2. The number of carbonyl (C=O) groups excluding carboxylic acids is 1. The van der Waals surface area contributed by atoms with E-state index in [0.29, 0.717) is 5.15 Å². The zero-order valence-corrected chi connectivity index (χ0v) is 9.09. The largest absolute Gasteiger partial charge is 0.314 e. The molecule has 4 heteroatoms. The van der Waals surface area contributed by atoms with Crippen LogP contribution in [0.1, 0.15) is 19.4 Å². The summed E-state index contributed by atoms with van der Waals surface area (Å²) in [5, 5.41) is 0.418. The second-order valence-corrected chi connectivity index (χ2v) is 4.40. The average molecular weight is 211 g/mol. The fourth-order valence-corrected chi connectivity index (χ4v) is 1.98. The Morgan fingerprint density at radius 1 is 1.50 bits per heavy atom. The lowest BCUT2D eigenvalue weighted by Crippen LogP contribution is -2.33. The van der Waals surface area contributed by atoms with Gasteiger partial charge in [0.25, 0.3) is 0 Å². The first-order chi connectivity index (χ1) is 6.44. The molecule has 0 bridgehead atoms. The minimum Gasteiger partial charge on any atom is -0.314 e.